The third kappa shape index (κ3) is 3.76. The lowest BCUT2D eigenvalue weighted by Crippen LogP contribution is -2.47. The molecular weight excluding hydrogens is 342 g/mol. The first-order valence-electron chi connectivity index (χ1n) is 9.51. The maximum absolute atomic E-state index is 12.9. The van der Waals surface area contributed by atoms with Crippen LogP contribution in [0.4, 0.5) is 8.78 Å². The molecule has 3 heterocycles. The van der Waals surface area contributed by atoms with Crippen molar-refractivity contribution in [1.82, 2.24) is 20.0 Å². The number of rotatable bonds is 5. The lowest BCUT2D eigenvalue weighted by Gasteiger charge is -2.40. The molecule has 0 radical (unpaired) electrons. The fraction of sp³-hybridized carbons (Fsp3) is 0.778. The van der Waals surface area contributed by atoms with E-state index in [1.54, 1.807) is 0 Å². The van der Waals surface area contributed by atoms with E-state index in [0.717, 1.165) is 45.6 Å². The van der Waals surface area contributed by atoms with Crippen molar-refractivity contribution >= 4 is 5.91 Å². The number of ether oxygens (including phenoxy) is 1. The molecule has 0 spiro atoms. The monoisotopic (exact) mass is 368 g/mol. The molecule has 8 heteroatoms. The summed E-state index contributed by atoms with van der Waals surface area (Å²) < 4.78 is 33.3. The molecule has 1 N–H and O–H groups in total. The van der Waals surface area contributed by atoms with Crippen LogP contribution in [0.1, 0.15) is 43.8 Å². The van der Waals surface area contributed by atoms with Crippen molar-refractivity contribution in [3.63, 3.8) is 0 Å². The van der Waals surface area contributed by atoms with Gasteiger partial charge >= 0.3 is 0 Å². The van der Waals surface area contributed by atoms with E-state index in [1.165, 1.54) is 5.69 Å². The van der Waals surface area contributed by atoms with Crippen molar-refractivity contribution < 1.29 is 18.3 Å². The van der Waals surface area contributed by atoms with E-state index < -0.39 is 11.8 Å². The molecule has 3 aliphatic rings. The van der Waals surface area contributed by atoms with Crippen LogP contribution in [0.25, 0.3) is 0 Å². The first-order chi connectivity index (χ1) is 12.5. The summed E-state index contributed by atoms with van der Waals surface area (Å²) in [4.78, 5) is 14.5. The first-order valence-corrected chi connectivity index (χ1v) is 9.51. The van der Waals surface area contributed by atoms with Crippen molar-refractivity contribution in [2.75, 3.05) is 26.3 Å². The zero-order valence-electron chi connectivity index (χ0n) is 14.9. The van der Waals surface area contributed by atoms with E-state index in [4.69, 9.17) is 4.74 Å². The Bertz CT molecular complexity index is 637. The van der Waals surface area contributed by atoms with Gasteiger partial charge in [0.1, 0.15) is 0 Å². The van der Waals surface area contributed by atoms with Crippen LogP contribution in [-0.4, -0.2) is 58.9 Å². The molecule has 1 aromatic rings. The zero-order valence-corrected chi connectivity index (χ0v) is 14.9. The van der Waals surface area contributed by atoms with Crippen molar-refractivity contribution in [3.8, 4) is 0 Å². The van der Waals surface area contributed by atoms with Gasteiger partial charge in [0, 0.05) is 63.8 Å². The van der Waals surface area contributed by atoms with Gasteiger partial charge in [-0.05, 0) is 25.3 Å². The summed E-state index contributed by atoms with van der Waals surface area (Å²) in [7, 11) is 0. The van der Waals surface area contributed by atoms with Crippen molar-refractivity contribution in [1.29, 1.82) is 0 Å². The highest BCUT2D eigenvalue weighted by Gasteiger charge is 2.48. The number of alkyl halides is 2. The fourth-order valence-electron chi connectivity index (χ4n) is 4.31. The third-order valence-corrected chi connectivity index (χ3v) is 5.85. The van der Waals surface area contributed by atoms with Gasteiger partial charge < -0.3 is 10.1 Å². The fourth-order valence-corrected chi connectivity index (χ4v) is 4.31. The number of carbonyl (C=O) groups excluding carboxylic acids is 1. The molecule has 144 valence electrons. The Morgan fingerprint density at radius 1 is 1.35 bits per heavy atom. The lowest BCUT2D eigenvalue weighted by atomic mass is 9.81. The number of aromatic nitrogens is 2. The minimum absolute atomic E-state index is 0.194. The molecule has 4 rings (SSSR count). The van der Waals surface area contributed by atoms with Gasteiger partial charge in [0.15, 0.2) is 0 Å². The van der Waals surface area contributed by atoms with Crippen LogP contribution in [0.15, 0.2) is 12.3 Å². The van der Waals surface area contributed by atoms with E-state index in [-0.39, 0.29) is 24.8 Å². The summed E-state index contributed by atoms with van der Waals surface area (Å²) in [5.41, 5.74) is 1.19. The number of hydrogen-bond donors (Lipinski definition) is 1. The van der Waals surface area contributed by atoms with Crippen molar-refractivity contribution in [2.24, 2.45) is 5.92 Å². The molecule has 1 atom stereocenters. The van der Waals surface area contributed by atoms with Gasteiger partial charge in [-0.3, -0.25) is 14.4 Å². The number of nitrogens with zero attached hydrogens (tertiary/aromatic N) is 3. The van der Waals surface area contributed by atoms with Gasteiger partial charge in [0.2, 0.25) is 11.8 Å². The molecule has 1 aliphatic carbocycles. The summed E-state index contributed by atoms with van der Waals surface area (Å²) in [5, 5.41) is 7.29. The first kappa shape index (κ1) is 17.9. The molecule has 1 amide bonds. The SMILES string of the molecule is O=C(NCC[C@H]1CN(C2CCOCC2)Cc2ccnn21)C1CC(F)(F)C1. The molecule has 26 heavy (non-hydrogen) atoms. The van der Waals surface area contributed by atoms with Gasteiger partial charge in [-0.2, -0.15) is 5.10 Å². The van der Waals surface area contributed by atoms with Crippen LogP contribution < -0.4 is 5.32 Å². The Kier molecular flexibility index (Phi) is 4.96. The predicted octanol–water partition coefficient (Wildman–Crippen LogP) is 1.97. The average Bonchev–Trinajstić information content (AvgIpc) is 3.09. The highest BCUT2D eigenvalue weighted by atomic mass is 19.3. The Hall–Kier alpha value is -1.54. The van der Waals surface area contributed by atoms with E-state index in [9.17, 15) is 13.6 Å². The third-order valence-electron chi connectivity index (χ3n) is 5.85. The van der Waals surface area contributed by atoms with E-state index in [0.29, 0.717) is 12.6 Å². The van der Waals surface area contributed by atoms with Gasteiger partial charge in [-0.15, -0.1) is 0 Å². The van der Waals surface area contributed by atoms with Gasteiger partial charge in [0.25, 0.3) is 0 Å². The minimum atomic E-state index is -2.65. The zero-order chi connectivity index (χ0) is 18.1. The van der Waals surface area contributed by atoms with Crippen molar-refractivity contribution in [2.45, 2.75) is 56.7 Å². The van der Waals surface area contributed by atoms with Crippen LogP contribution >= 0.6 is 0 Å². The highest BCUT2D eigenvalue weighted by Crippen LogP contribution is 2.42. The van der Waals surface area contributed by atoms with Crippen LogP contribution in [-0.2, 0) is 16.1 Å². The highest BCUT2D eigenvalue weighted by molar-refractivity contribution is 5.79. The minimum Gasteiger partial charge on any atom is -0.381 e. The van der Waals surface area contributed by atoms with E-state index >= 15 is 0 Å². The molecule has 0 aromatic carbocycles. The standard InChI is InChI=1S/C18H26F2N4O2/c19-18(20)9-13(10-18)17(25)21-5-1-15-11-23(14-3-7-26-8-4-14)12-16-2-6-22-24(15)16/h2,6,13-15H,1,3-5,7-12H2,(H,21,25)/t15-/m0/s1. The molecule has 0 bridgehead atoms. The van der Waals surface area contributed by atoms with Gasteiger partial charge in [0.05, 0.1) is 11.7 Å². The Labute approximate surface area is 151 Å². The molecule has 2 aliphatic heterocycles. The number of hydrogen-bond acceptors (Lipinski definition) is 4. The molecule has 0 unspecified atom stereocenters. The average molecular weight is 368 g/mol. The predicted molar refractivity (Wildman–Crippen MR) is 90.8 cm³/mol. The number of amides is 1. The van der Waals surface area contributed by atoms with E-state index in [1.807, 2.05) is 12.3 Å². The summed E-state index contributed by atoms with van der Waals surface area (Å²) in [6, 6.07) is 2.77. The second-order valence-electron chi connectivity index (χ2n) is 7.73. The quantitative estimate of drug-likeness (QED) is 0.863. The second-order valence-corrected chi connectivity index (χ2v) is 7.73. The summed E-state index contributed by atoms with van der Waals surface area (Å²) in [6.07, 6.45) is 4.04. The van der Waals surface area contributed by atoms with Gasteiger partial charge in [-0.1, -0.05) is 0 Å². The Morgan fingerprint density at radius 2 is 2.12 bits per heavy atom. The number of halogens is 2. The molecular formula is C18H26F2N4O2. The van der Waals surface area contributed by atoms with Gasteiger partial charge in [-0.25, -0.2) is 8.78 Å². The topological polar surface area (TPSA) is 59.4 Å². The maximum atomic E-state index is 12.9. The van der Waals surface area contributed by atoms with E-state index in [2.05, 4.69) is 20.0 Å². The largest absolute Gasteiger partial charge is 0.381 e. The molecule has 1 saturated carbocycles. The second kappa shape index (κ2) is 7.23. The molecule has 2 fully saturated rings. The maximum Gasteiger partial charge on any atom is 0.249 e. The Morgan fingerprint density at radius 3 is 2.85 bits per heavy atom. The molecule has 1 saturated heterocycles. The number of nitrogens with one attached hydrogen (secondary N) is 1. The van der Waals surface area contributed by atoms with Crippen LogP contribution in [0, 0.1) is 5.92 Å². The van der Waals surface area contributed by atoms with Crippen LogP contribution in [0.3, 0.4) is 0 Å². The van der Waals surface area contributed by atoms with Crippen molar-refractivity contribution in [3.05, 3.63) is 18.0 Å². The summed E-state index contributed by atoms with van der Waals surface area (Å²) in [5.74, 6) is -3.43. The lowest BCUT2D eigenvalue weighted by molar-refractivity contribution is -0.150. The number of fused-ring (bicyclic) bond motifs is 1. The summed E-state index contributed by atoms with van der Waals surface area (Å²) in [6.45, 7) is 3.91. The Balaban J connectivity index is 1.31. The smallest absolute Gasteiger partial charge is 0.249 e. The van der Waals surface area contributed by atoms with Crippen LogP contribution in [0.5, 0.6) is 0 Å². The molecule has 6 nitrogen and oxygen atoms in total. The normalized spacial score (nSPS) is 26.9. The van der Waals surface area contributed by atoms with Crippen LogP contribution in [0.2, 0.25) is 0 Å². The number of carbonyl (C=O) groups is 1. The summed E-state index contributed by atoms with van der Waals surface area (Å²) >= 11 is 0. The molecule has 1 aromatic heterocycles.